The number of amidine groups is 1. The van der Waals surface area contributed by atoms with Crippen LogP contribution >= 0.6 is 0 Å². The van der Waals surface area contributed by atoms with Crippen molar-refractivity contribution >= 4 is 5.84 Å². The van der Waals surface area contributed by atoms with Gasteiger partial charge in [-0.15, -0.1) is 0 Å². The van der Waals surface area contributed by atoms with Gasteiger partial charge in [-0.05, 0) is 12.8 Å². The highest BCUT2D eigenvalue weighted by Crippen LogP contribution is 2.23. The van der Waals surface area contributed by atoms with Gasteiger partial charge in [0.25, 0.3) is 0 Å². The lowest BCUT2D eigenvalue weighted by molar-refractivity contribution is 0.875. The average Bonchev–Trinajstić information content (AvgIpc) is 2.85. The predicted octanol–water partition coefficient (Wildman–Crippen LogP) is -0.208. The number of hydrogen-bond acceptors (Lipinski definition) is 3. The van der Waals surface area contributed by atoms with Crippen LogP contribution in [0.5, 0.6) is 0 Å². The third-order valence-electron chi connectivity index (χ3n) is 2.05. The van der Waals surface area contributed by atoms with E-state index < -0.39 is 0 Å². The number of aromatic nitrogens is 2. The number of aryl methyl sites for hydroxylation is 1. The minimum absolute atomic E-state index is 0.459. The first-order valence-corrected chi connectivity index (χ1v) is 4.32. The molecule has 0 spiro atoms. The van der Waals surface area contributed by atoms with E-state index in [4.69, 9.17) is 5.84 Å². The van der Waals surface area contributed by atoms with Crippen LogP contribution in [-0.2, 0) is 7.05 Å². The molecule has 0 aromatic carbocycles. The summed E-state index contributed by atoms with van der Waals surface area (Å²) < 4.78 is 1.89. The molecule has 1 aliphatic rings. The molecule has 1 aromatic heterocycles. The third kappa shape index (κ3) is 1.70. The number of hydrazine groups is 1. The second kappa shape index (κ2) is 3.18. The summed E-state index contributed by atoms with van der Waals surface area (Å²) in [5.41, 5.74) is 3.53. The number of hydrogen-bond donors (Lipinski definition) is 2. The largest absolute Gasteiger partial charge is 0.331 e. The molecule has 0 radical (unpaired) electrons. The first kappa shape index (κ1) is 8.25. The molecule has 2 rings (SSSR count). The van der Waals surface area contributed by atoms with Gasteiger partial charge in [0.05, 0.1) is 18.6 Å². The van der Waals surface area contributed by atoms with Gasteiger partial charge in [-0.3, -0.25) is 4.99 Å². The molecule has 0 bridgehead atoms. The van der Waals surface area contributed by atoms with Gasteiger partial charge in [-0.25, -0.2) is 10.8 Å². The van der Waals surface area contributed by atoms with Crippen LogP contribution in [-0.4, -0.2) is 21.4 Å². The number of nitrogens with two attached hydrogens (primary N) is 1. The lowest BCUT2D eigenvalue weighted by Gasteiger charge is -2.05. The Kier molecular flexibility index (Phi) is 2.02. The van der Waals surface area contributed by atoms with Crippen molar-refractivity contribution in [3.8, 4) is 0 Å². The number of nitrogens with one attached hydrogen (secondary N) is 1. The van der Waals surface area contributed by atoms with Gasteiger partial charge in [0.1, 0.15) is 5.69 Å². The van der Waals surface area contributed by atoms with Crippen LogP contribution in [0.2, 0.25) is 0 Å². The Hall–Kier alpha value is -1.36. The summed E-state index contributed by atoms with van der Waals surface area (Å²) >= 11 is 0. The SMILES string of the molecule is Cn1cncc1C(=NC1CC1)NN. The second-order valence-electron chi connectivity index (χ2n) is 3.24. The lowest BCUT2D eigenvalue weighted by Crippen LogP contribution is -2.32. The van der Waals surface area contributed by atoms with E-state index in [1.54, 1.807) is 12.5 Å². The van der Waals surface area contributed by atoms with Gasteiger partial charge >= 0.3 is 0 Å². The zero-order valence-corrected chi connectivity index (χ0v) is 7.57. The monoisotopic (exact) mass is 179 g/mol. The maximum absolute atomic E-state index is 5.39. The molecule has 0 unspecified atom stereocenters. The normalized spacial score (nSPS) is 17.5. The van der Waals surface area contributed by atoms with E-state index in [1.807, 2.05) is 11.6 Å². The van der Waals surface area contributed by atoms with Crippen LogP contribution in [0, 0.1) is 0 Å². The zero-order chi connectivity index (χ0) is 9.26. The van der Waals surface area contributed by atoms with Crippen molar-refractivity contribution in [2.24, 2.45) is 17.9 Å². The van der Waals surface area contributed by atoms with Crippen molar-refractivity contribution < 1.29 is 0 Å². The van der Waals surface area contributed by atoms with E-state index >= 15 is 0 Å². The number of imidazole rings is 1. The van der Waals surface area contributed by atoms with Crippen LogP contribution in [0.25, 0.3) is 0 Å². The maximum Gasteiger partial charge on any atom is 0.161 e. The minimum atomic E-state index is 0.459. The molecule has 1 fully saturated rings. The average molecular weight is 179 g/mol. The molecule has 1 heterocycles. The highest BCUT2D eigenvalue weighted by molar-refractivity contribution is 5.96. The fourth-order valence-electron chi connectivity index (χ4n) is 1.15. The molecule has 0 saturated heterocycles. The van der Waals surface area contributed by atoms with E-state index in [-0.39, 0.29) is 0 Å². The molecule has 13 heavy (non-hydrogen) atoms. The van der Waals surface area contributed by atoms with Gasteiger partial charge in [0.2, 0.25) is 0 Å². The van der Waals surface area contributed by atoms with E-state index in [2.05, 4.69) is 15.4 Å². The first-order chi connectivity index (χ1) is 6.31. The Morgan fingerprint density at radius 2 is 2.54 bits per heavy atom. The van der Waals surface area contributed by atoms with Crippen LogP contribution < -0.4 is 11.3 Å². The predicted molar refractivity (Wildman–Crippen MR) is 50.1 cm³/mol. The quantitative estimate of drug-likeness (QED) is 0.286. The highest BCUT2D eigenvalue weighted by Gasteiger charge is 2.21. The van der Waals surface area contributed by atoms with Crippen LogP contribution in [0.4, 0.5) is 0 Å². The highest BCUT2D eigenvalue weighted by atomic mass is 15.3. The van der Waals surface area contributed by atoms with E-state index in [9.17, 15) is 0 Å². The van der Waals surface area contributed by atoms with Gasteiger partial charge in [-0.2, -0.15) is 0 Å². The van der Waals surface area contributed by atoms with Gasteiger partial charge < -0.3 is 9.99 Å². The van der Waals surface area contributed by atoms with Crippen molar-refractivity contribution in [2.75, 3.05) is 0 Å². The molecule has 3 N–H and O–H groups in total. The number of nitrogens with zero attached hydrogens (tertiary/aromatic N) is 3. The summed E-state index contributed by atoms with van der Waals surface area (Å²) in [6.45, 7) is 0. The summed E-state index contributed by atoms with van der Waals surface area (Å²) in [6.07, 6.45) is 5.82. The van der Waals surface area contributed by atoms with E-state index in [0.29, 0.717) is 6.04 Å². The Bertz CT molecular complexity index is 323. The standard InChI is InChI=1S/C8H13N5/c1-13-5-10-4-7(13)8(12-9)11-6-2-3-6/h4-6H,2-3,9H2,1H3,(H,11,12). The van der Waals surface area contributed by atoms with Crippen LogP contribution in [0.3, 0.4) is 0 Å². The van der Waals surface area contributed by atoms with Crippen LogP contribution in [0.1, 0.15) is 18.5 Å². The number of rotatable bonds is 2. The molecule has 70 valence electrons. The fourth-order valence-corrected chi connectivity index (χ4v) is 1.15. The topological polar surface area (TPSA) is 68.2 Å². The molecular weight excluding hydrogens is 166 g/mol. The van der Waals surface area contributed by atoms with Crippen molar-refractivity contribution in [1.29, 1.82) is 0 Å². The molecule has 1 aromatic rings. The summed E-state index contributed by atoms with van der Waals surface area (Å²) in [4.78, 5) is 8.43. The fraction of sp³-hybridized carbons (Fsp3) is 0.500. The summed E-state index contributed by atoms with van der Waals surface area (Å²) in [5.74, 6) is 6.11. The maximum atomic E-state index is 5.39. The van der Waals surface area contributed by atoms with Crippen molar-refractivity contribution in [1.82, 2.24) is 15.0 Å². The molecule has 1 saturated carbocycles. The lowest BCUT2D eigenvalue weighted by atomic mass is 10.4. The molecule has 0 amide bonds. The van der Waals surface area contributed by atoms with Gasteiger partial charge in [0, 0.05) is 7.05 Å². The van der Waals surface area contributed by atoms with E-state index in [0.717, 1.165) is 11.5 Å². The molecule has 1 aliphatic carbocycles. The summed E-state index contributed by atoms with van der Waals surface area (Å²) in [5, 5.41) is 0. The molecular formula is C8H13N5. The Morgan fingerprint density at radius 1 is 1.77 bits per heavy atom. The summed E-state index contributed by atoms with van der Waals surface area (Å²) in [7, 11) is 1.92. The van der Waals surface area contributed by atoms with Gasteiger partial charge in [-0.1, -0.05) is 0 Å². The smallest absolute Gasteiger partial charge is 0.161 e. The molecule has 5 heteroatoms. The van der Waals surface area contributed by atoms with Gasteiger partial charge in [0.15, 0.2) is 5.84 Å². The summed E-state index contributed by atoms with van der Waals surface area (Å²) in [6, 6.07) is 0.459. The zero-order valence-electron chi connectivity index (χ0n) is 7.57. The second-order valence-corrected chi connectivity index (χ2v) is 3.24. The van der Waals surface area contributed by atoms with E-state index in [1.165, 1.54) is 12.8 Å². The third-order valence-corrected chi connectivity index (χ3v) is 2.05. The number of aliphatic imine (C=N–C) groups is 1. The molecule has 0 aliphatic heterocycles. The molecule has 5 nitrogen and oxygen atoms in total. The van der Waals surface area contributed by atoms with Crippen molar-refractivity contribution in [2.45, 2.75) is 18.9 Å². The first-order valence-electron chi connectivity index (χ1n) is 4.32. The van der Waals surface area contributed by atoms with Crippen LogP contribution in [0.15, 0.2) is 17.5 Å². The van der Waals surface area contributed by atoms with Crippen molar-refractivity contribution in [3.05, 3.63) is 18.2 Å². The van der Waals surface area contributed by atoms with Crippen molar-refractivity contribution in [3.63, 3.8) is 0 Å². The Balaban J connectivity index is 2.25. The Morgan fingerprint density at radius 3 is 3.00 bits per heavy atom. The molecule has 0 atom stereocenters. The Labute approximate surface area is 76.6 Å². The minimum Gasteiger partial charge on any atom is -0.331 e.